The van der Waals surface area contributed by atoms with E-state index in [2.05, 4.69) is 38.2 Å². The maximum Gasteiger partial charge on any atom is 0.127 e. The van der Waals surface area contributed by atoms with Crippen LogP contribution in [0.4, 0.5) is 0 Å². The molecule has 0 bridgehead atoms. The SMILES string of the molecule is CC(C)C(C)NCC(O)COc1cccc2ccccc12. The van der Waals surface area contributed by atoms with Crippen LogP contribution < -0.4 is 10.1 Å². The molecule has 0 radical (unpaired) electrons. The molecule has 3 nitrogen and oxygen atoms in total. The van der Waals surface area contributed by atoms with Gasteiger partial charge in [-0.15, -0.1) is 0 Å². The molecular weight excluding hydrogens is 262 g/mol. The largest absolute Gasteiger partial charge is 0.490 e. The fourth-order valence-corrected chi connectivity index (χ4v) is 2.12. The third-order valence-electron chi connectivity index (χ3n) is 3.86. The van der Waals surface area contributed by atoms with Crippen molar-refractivity contribution in [3.63, 3.8) is 0 Å². The Hall–Kier alpha value is -1.58. The molecule has 2 N–H and O–H groups in total. The molecule has 0 aliphatic heterocycles. The van der Waals surface area contributed by atoms with Gasteiger partial charge in [0.15, 0.2) is 0 Å². The molecule has 2 aromatic rings. The third kappa shape index (κ3) is 4.45. The molecule has 0 aliphatic carbocycles. The number of hydrogen-bond acceptors (Lipinski definition) is 3. The van der Waals surface area contributed by atoms with Crippen molar-refractivity contribution in [2.75, 3.05) is 13.2 Å². The second-order valence-electron chi connectivity index (χ2n) is 5.88. The summed E-state index contributed by atoms with van der Waals surface area (Å²) in [4.78, 5) is 0. The summed E-state index contributed by atoms with van der Waals surface area (Å²) in [6.07, 6.45) is -0.509. The standard InChI is InChI=1S/C18H25NO2/c1-13(2)14(3)19-11-16(20)12-21-18-10-6-8-15-7-4-5-9-17(15)18/h4-10,13-14,16,19-20H,11-12H2,1-3H3. The van der Waals surface area contributed by atoms with E-state index in [1.54, 1.807) is 0 Å². The van der Waals surface area contributed by atoms with Crippen LogP contribution in [-0.2, 0) is 0 Å². The summed E-state index contributed by atoms with van der Waals surface area (Å²) in [6.45, 7) is 7.30. The van der Waals surface area contributed by atoms with Crippen LogP contribution in [0, 0.1) is 5.92 Å². The second kappa shape index (κ2) is 7.43. The minimum atomic E-state index is -0.509. The lowest BCUT2D eigenvalue weighted by Crippen LogP contribution is -2.38. The molecule has 2 rings (SSSR count). The van der Waals surface area contributed by atoms with Gasteiger partial charge in [-0.25, -0.2) is 0 Å². The molecule has 0 saturated carbocycles. The molecule has 0 fully saturated rings. The first-order chi connectivity index (χ1) is 10.1. The van der Waals surface area contributed by atoms with Crippen LogP contribution in [0.3, 0.4) is 0 Å². The Kier molecular flexibility index (Phi) is 5.59. The molecule has 3 heteroatoms. The van der Waals surface area contributed by atoms with E-state index in [1.165, 1.54) is 0 Å². The molecule has 114 valence electrons. The van der Waals surface area contributed by atoms with E-state index in [1.807, 2.05) is 30.3 Å². The Bertz CT molecular complexity index is 563. The monoisotopic (exact) mass is 287 g/mol. The Balaban J connectivity index is 1.90. The summed E-state index contributed by atoms with van der Waals surface area (Å²) in [5, 5.41) is 15.6. The lowest BCUT2D eigenvalue weighted by molar-refractivity contribution is 0.103. The van der Waals surface area contributed by atoms with Gasteiger partial charge in [0.1, 0.15) is 18.5 Å². The third-order valence-corrected chi connectivity index (χ3v) is 3.86. The number of hydrogen-bond donors (Lipinski definition) is 2. The van der Waals surface area contributed by atoms with Crippen LogP contribution in [0.5, 0.6) is 5.75 Å². The van der Waals surface area contributed by atoms with Gasteiger partial charge in [-0.2, -0.15) is 0 Å². The van der Waals surface area contributed by atoms with Gasteiger partial charge in [0, 0.05) is 18.0 Å². The second-order valence-corrected chi connectivity index (χ2v) is 5.88. The minimum Gasteiger partial charge on any atom is -0.490 e. The molecule has 2 atom stereocenters. The van der Waals surface area contributed by atoms with Crippen LogP contribution >= 0.6 is 0 Å². The van der Waals surface area contributed by atoms with Crippen molar-refractivity contribution in [2.45, 2.75) is 32.9 Å². The lowest BCUT2D eigenvalue weighted by Gasteiger charge is -2.20. The Labute approximate surface area is 126 Å². The smallest absolute Gasteiger partial charge is 0.127 e. The first-order valence-corrected chi connectivity index (χ1v) is 7.60. The first-order valence-electron chi connectivity index (χ1n) is 7.60. The van der Waals surface area contributed by atoms with Crippen LogP contribution in [0.1, 0.15) is 20.8 Å². The van der Waals surface area contributed by atoms with E-state index in [0.717, 1.165) is 16.5 Å². The topological polar surface area (TPSA) is 41.5 Å². The van der Waals surface area contributed by atoms with Crippen molar-refractivity contribution in [1.82, 2.24) is 5.32 Å². The van der Waals surface area contributed by atoms with Crippen molar-refractivity contribution in [1.29, 1.82) is 0 Å². The number of nitrogens with one attached hydrogen (secondary N) is 1. The maximum atomic E-state index is 10.0. The van der Waals surface area contributed by atoms with Gasteiger partial charge >= 0.3 is 0 Å². The van der Waals surface area contributed by atoms with Crippen LogP contribution in [-0.4, -0.2) is 30.4 Å². The van der Waals surface area contributed by atoms with Gasteiger partial charge in [0.25, 0.3) is 0 Å². The normalized spacial score (nSPS) is 14.3. The van der Waals surface area contributed by atoms with E-state index in [0.29, 0.717) is 25.1 Å². The summed E-state index contributed by atoms with van der Waals surface area (Å²) in [5.41, 5.74) is 0. The number of benzene rings is 2. The molecule has 0 saturated heterocycles. The maximum absolute atomic E-state index is 10.0. The van der Waals surface area contributed by atoms with Gasteiger partial charge < -0.3 is 15.2 Å². The molecule has 2 aromatic carbocycles. The fourth-order valence-electron chi connectivity index (χ4n) is 2.12. The quantitative estimate of drug-likeness (QED) is 0.821. The van der Waals surface area contributed by atoms with Crippen molar-refractivity contribution in [2.24, 2.45) is 5.92 Å². The van der Waals surface area contributed by atoms with E-state index in [9.17, 15) is 5.11 Å². The molecule has 0 heterocycles. The van der Waals surface area contributed by atoms with Crippen molar-refractivity contribution in [3.8, 4) is 5.75 Å². The summed E-state index contributed by atoms with van der Waals surface area (Å²) in [7, 11) is 0. The average Bonchev–Trinajstić information content (AvgIpc) is 2.50. The Morgan fingerprint density at radius 3 is 2.52 bits per heavy atom. The van der Waals surface area contributed by atoms with Gasteiger partial charge in [-0.3, -0.25) is 0 Å². The highest BCUT2D eigenvalue weighted by atomic mass is 16.5. The van der Waals surface area contributed by atoms with E-state index < -0.39 is 6.10 Å². The molecule has 0 aliphatic rings. The van der Waals surface area contributed by atoms with Gasteiger partial charge in [-0.1, -0.05) is 50.2 Å². The average molecular weight is 287 g/mol. The number of ether oxygens (including phenoxy) is 1. The summed E-state index contributed by atoms with van der Waals surface area (Å²) in [6, 6.07) is 14.5. The van der Waals surface area contributed by atoms with Gasteiger partial charge in [0.2, 0.25) is 0 Å². The number of aliphatic hydroxyl groups excluding tert-OH is 1. The fraction of sp³-hybridized carbons (Fsp3) is 0.444. The van der Waals surface area contributed by atoms with Crippen molar-refractivity contribution < 1.29 is 9.84 Å². The molecule has 0 aromatic heterocycles. The van der Waals surface area contributed by atoms with Crippen LogP contribution in [0.25, 0.3) is 10.8 Å². The zero-order valence-corrected chi connectivity index (χ0v) is 13.0. The number of aliphatic hydroxyl groups is 1. The summed E-state index contributed by atoms with van der Waals surface area (Å²) in [5.74, 6) is 1.38. The van der Waals surface area contributed by atoms with Crippen LogP contribution in [0.2, 0.25) is 0 Å². The molecule has 0 amide bonds. The summed E-state index contributed by atoms with van der Waals surface area (Å²) < 4.78 is 5.78. The highest BCUT2D eigenvalue weighted by Gasteiger charge is 2.11. The summed E-state index contributed by atoms with van der Waals surface area (Å²) >= 11 is 0. The van der Waals surface area contributed by atoms with Gasteiger partial charge in [-0.05, 0) is 24.3 Å². The Morgan fingerprint density at radius 2 is 1.76 bits per heavy atom. The number of rotatable bonds is 7. The molecular formula is C18H25NO2. The number of fused-ring (bicyclic) bond motifs is 1. The molecule has 21 heavy (non-hydrogen) atoms. The van der Waals surface area contributed by atoms with Crippen molar-refractivity contribution in [3.05, 3.63) is 42.5 Å². The van der Waals surface area contributed by atoms with E-state index in [4.69, 9.17) is 4.74 Å². The zero-order chi connectivity index (χ0) is 15.2. The van der Waals surface area contributed by atoms with Gasteiger partial charge in [0.05, 0.1) is 0 Å². The van der Waals surface area contributed by atoms with Crippen molar-refractivity contribution >= 4 is 10.8 Å². The Morgan fingerprint density at radius 1 is 1.05 bits per heavy atom. The lowest BCUT2D eigenvalue weighted by atomic mass is 10.1. The minimum absolute atomic E-state index is 0.297. The highest BCUT2D eigenvalue weighted by Crippen LogP contribution is 2.25. The molecule has 0 spiro atoms. The first kappa shape index (κ1) is 15.8. The molecule has 2 unspecified atom stereocenters. The predicted molar refractivity (Wildman–Crippen MR) is 87.8 cm³/mol. The predicted octanol–water partition coefficient (Wildman–Crippen LogP) is 3.21. The van der Waals surface area contributed by atoms with E-state index >= 15 is 0 Å². The highest BCUT2D eigenvalue weighted by molar-refractivity contribution is 5.88. The van der Waals surface area contributed by atoms with E-state index in [-0.39, 0.29) is 0 Å². The zero-order valence-electron chi connectivity index (χ0n) is 13.0. The van der Waals surface area contributed by atoms with Crippen LogP contribution in [0.15, 0.2) is 42.5 Å².